The Kier molecular flexibility index (Phi) is 5.76. The van der Waals surface area contributed by atoms with Gasteiger partial charge in [0, 0.05) is 35.3 Å². The van der Waals surface area contributed by atoms with Crippen molar-refractivity contribution in [3.63, 3.8) is 0 Å². The standard InChI is InChI=1S/C27H23N3O3S/c1-15-22(16(2)31)23(21-14-34-26-19(12-28)4-3-5-20(21)26)24(25(30-15)18-6-7-18)27(32)33-13-17-8-10-29-11-9-17/h3-5,8-11,14,18,23,30H,6-7,13H2,1-2H3. The van der Waals surface area contributed by atoms with Gasteiger partial charge in [-0.1, -0.05) is 12.1 Å². The minimum absolute atomic E-state index is 0.0972. The number of aromatic nitrogens is 1. The molecule has 1 saturated carbocycles. The van der Waals surface area contributed by atoms with Crippen LogP contribution < -0.4 is 5.32 Å². The van der Waals surface area contributed by atoms with Gasteiger partial charge in [0.1, 0.15) is 12.7 Å². The Morgan fingerprint density at radius 2 is 1.97 bits per heavy atom. The lowest BCUT2D eigenvalue weighted by atomic mass is 9.78. The molecule has 0 bridgehead atoms. The van der Waals surface area contributed by atoms with E-state index in [2.05, 4.69) is 16.4 Å². The van der Waals surface area contributed by atoms with Gasteiger partial charge < -0.3 is 10.1 Å². The van der Waals surface area contributed by atoms with Crippen molar-refractivity contribution in [3.05, 3.63) is 87.3 Å². The van der Waals surface area contributed by atoms with Crippen molar-refractivity contribution >= 4 is 33.2 Å². The van der Waals surface area contributed by atoms with E-state index >= 15 is 0 Å². The van der Waals surface area contributed by atoms with Crippen LogP contribution in [0.4, 0.5) is 0 Å². The van der Waals surface area contributed by atoms with Gasteiger partial charge in [0.25, 0.3) is 0 Å². The second-order valence-corrected chi connectivity index (χ2v) is 9.55. The smallest absolute Gasteiger partial charge is 0.337 e. The predicted molar refractivity (Wildman–Crippen MR) is 130 cm³/mol. The lowest BCUT2D eigenvalue weighted by molar-refractivity contribution is -0.140. The summed E-state index contributed by atoms with van der Waals surface area (Å²) in [6, 6.07) is 11.4. The van der Waals surface area contributed by atoms with E-state index in [9.17, 15) is 14.9 Å². The number of hydrogen-bond acceptors (Lipinski definition) is 7. The molecule has 1 unspecified atom stereocenters. The summed E-state index contributed by atoms with van der Waals surface area (Å²) in [4.78, 5) is 30.5. The first kappa shape index (κ1) is 22.1. The molecule has 3 heterocycles. The number of fused-ring (bicyclic) bond motifs is 1. The number of thiophene rings is 1. The summed E-state index contributed by atoms with van der Waals surface area (Å²) in [7, 11) is 0. The molecule has 0 saturated heterocycles. The number of allylic oxidation sites excluding steroid dienone is 3. The Hall–Kier alpha value is -3.76. The van der Waals surface area contributed by atoms with Crippen molar-refractivity contribution in [2.24, 2.45) is 5.92 Å². The van der Waals surface area contributed by atoms with Crippen molar-refractivity contribution in [1.29, 1.82) is 5.26 Å². The van der Waals surface area contributed by atoms with Gasteiger partial charge in [0.05, 0.1) is 15.8 Å². The third kappa shape index (κ3) is 3.91. The Labute approximate surface area is 201 Å². The summed E-state index contributed by atoms with van der Waals surface area (Å²) < 4.78 is 6.63. The molecule has 2 aliphatic rings. The van der Waals surface area contributed by atoms with E-state index in [4.69, 9.17) is 4.74 Å². The summed E-state index contributed by atoms with van der Waals surface area (Å²) in [5.41, 5.74) is 4.95. The molecule has 1 aromatic carbocycles. The SMILES string of the molecule is CC(=O)C1=C(C)NC(C2CC2)=C(C(=O)OCc2ccncc2)C1c1csc2c(C#N)cccc12. The van der Waals surface area contributed by atoms with Gasteiger partial charge in [-0.2, -0.15) is 5.26 Å². The number of esters is 1. The monoisotopic (exact) mass is 469 g/mol. The van der Waals surface area contributed by atoms with Crippen molar-refractivity contribution in [3.8, 4) is 6.07 Å². The number of nitrogens with one attached hydrogen (secondary N) is 1. The molecule has 5 rings (SSSR count). The summed E-state index contributed by atoms with van der Waals surface area (Å²) in [5.74, 6) is -0.839. The first-order valence-electron chi connectivity index (χ1n) is 11.2. The van der Waals surface area contributed by atoms with Crippen molar-refractivity contribution in [2.75, 3.05) is 0 Å². The number of benzene rings is 1. The van der Waals surface area contributed by atoms with Crippen LogP contribution in [0.1, 0.15) is 49.3 Å². The van der Waals surface area contributed by atoms with Gasteiger partial charge >= 0.3 is 5.97 Å². The molecule has 7 heteroatoms. The summed E-state index contributed by atoms with van der Waals surface area (Å²) in [6.07, 6.45) is 5.30. The number of ether oxygens (including phenoxy) is 1. The first-order chi connectivity index (χ1) is 16.5. The number of pyridine rings is 1. The van der Waals surface area contributed by atoms with Crippen LogP contribution in [-0.2, 0) is 20.9 Å². The third-order valence-corrected chi connectivity index (χ3v) is 7.41. The average Bonchev–Trinajstić information content (AvgIpc) is 3.60. The summed E-state index contributed by atoms with van der Waals surface area (Å²) in [6.45, 7) is 3.54. The van der Waals surface area contributed by atoms with Crippen molar-refractivity contribution < 1.29 is 14.3 Å². The van der Waals surface area contributed by atoms with Gasteiger partial charge in [-0.05, 0) is 72.7 Å². The number of nitrogens with zero attached hydrogens (tertiary/aromatic N) is 2. The van der Waals surface area contributed by atoms with E-state index < -0.39 is 11.9 Å². The van der Waals surface area contributed by atoms with Gasteiger partial charge in [-0.25, -0.2) is 4.79 Å². The van der Waals surface area contributed by atoms with Crippen LogP contribution in [-0.4, -0.2) is 16.7 Å². The minimum atomic E-state index is -0.554. The zero-order valence-corrected chi connectivity index (χ0v) is 19.7. The molecule has 2 aromatic heterocycles. The molecule has 34 heavy (non-hydrogen) atoms. The van der Waals surface area contributed by atoms with E-state index in [0.29, 0.717) is 16.7 Å². The quantitative estimate of drug-likeness (QED) is 0.504. The first-order valence-corrected chi connectivity index (χ1v) is 12.1. The van der Waals surface area contributed by atoms with Crippen LogP contribution >= 0.6 is 11.3 Å². The summed E-state index contributed by atoms with van der Waals surface area (Å²) >= 11 is 1.46. The number of hydrogen-bond donors (Lipinski definition) is 1. The van der Waals surface area contributed by atoms with Crippen molar-refractivity contribution in [2.45, 2.75) is 39.2 Å². The van der Waals surface area contributed by atoms with Crippen LogP contribution in [0.15, 0.2) is 70.6 Å². The highest BCUT2D eigenvalue weighted by Gasteiger charge is 2.42. The molecule has 0 amide bonds. The molecule has 1 fully saturated rings. The fourth-order valence-electron chi connectivity index (χ4n) is 4.65. The Balaban J connectivity index is 1.65. The van der Waals surface area contributed by atoms with Crippen LogP contribution in [0.2, 0.25) is 0 Å². The molecule has 1 atom stereocenters. The highest BCUT2D eigenvalue weighted by Crippen LogP contribution is 2.48. The number of carbonyl (C=O) groups is 2. The van der Waals surface area contributed by atoms with Gasteiger partial charge in [-0.3, -0.25) is 9.78 Å². The highest BCUT2D eigenvalue weighted by atomic mass is 32.1. The Morgan fingerprint density at radius 1 is 1.21 bits per heavy atom. The fourth-order valence-corrected chi connectivity index (χ4v) is 5.71. The average molecular weight is 470 g/mol. The predicted octanol–water partition coefficient (Wildman–Crippen LogP) is 5.13. The second-order valence-electron chi connectivity index (χ2n) is 8.67. The lowest BCUT2D eigenvalue weighted by Crippen LogP contribution is -2.32. The van der Waals surface area contributed by atoms with Crippen LogP contribution in [0.25, 0.3) is 10.1 Å². The van der Waals surface area contributed by atoms with Crippen LogP contribution in [0.3, 0.4) is 0 Å². The minimum Gasteiger partial charge on any atom is -0.457 e. The number of ketones is 1. The third-order valence-electron chi connectivity index (χ3n) is 6.36. The molecule has 0 spiro atoms. The van der Waals surface area contributed by atoms with E-state index in [-0.39, 0.29) is 18.3 Å². The maximum atomic E-state index is 13.6. The molecule has 170 valence electrons. The molecule has 1 aliphatic carbocycles. The van der Waals surface area contributed by atoms with E-state index in [0.717, 1.165) is 45.4 Å². The van der Waals surface area contributed by atoms with E-state index in [1.165, 1.54) is 18.3 Å². The fraction of sp³-hybridized carbons (Fsp3) is 0.259. The Bertz CT molecular complexity index is 1410. The zero-order chi connectivity index (χ0) is 23.8. The maximum absolute atomic E-state index is 13.6. The van der Waals surface area contributed by atoms with Gasteiger partial charge in [0.2, 0.25) is 0 Å². The number of rotatable bonds is 6. The maximum Gasteiger partial charge on any atom is 0.337 e. The molecule has 6 nitrogen and oxygen atoms in total. The van der Waals surface area contributed by atoms with E-state index in [1.54, 1.807) is 30.6 Å². The molecule has 0 radical (unpaired) electrons. The molecule has 1 N–H and O–H groups in total. The molecule has 1 aliphatic heterocycles. The Morgan fingerprint density at radius 3 is 2.65 bits per heavy atom. The number of dihydropyridines is 1. The van der Waals surface area contributed by atoms with E-state index in [1.807, 2.05) is 24.4 Å². The molecular weight excluding hydrogens is 446 g/mol. The molecule has 3 aromatic rings. The largest absolute Gasteiger partial charge is 0.457 e. The number of Topliss-reactive ketones (excluding diaryl/α,β-unsaturated/α-hetero) is 1. The zero-order valence-electron chi connectivity index (χ0n) is 18.9. The number of nitriles is 1. The van der Waals surface area contributed by atoms with Crippen molar-refractivity contribution in [1.82, 2.24) is 10.3 Å². The highest BCUT2D eigenvalue weighted by molar-refractivity contribution is 7.17. The topological polar surface area (TPSA) is 92.1 Å². The molecular formula is C27H23N3O3S. The van der Waals surface area contributed by atoms with Crippen LogP contribution in [0, 0.1) is 17.2 Å². The summed E-state index contributed by atoms with van der Waals surface area (Å²) in [5, 5.41) is 15.8. The van der Waals surface area contributed by atoms with Gasteiger partial charge in [0.15, 0.2) is 5.78 Å². The second kappa shape index (κ2) is 8.88. The lowest BCUT2D eigenvalue weighted by Gasteiger charge is -2.31. The van der Waals surface area contributed by atoms with Crippen LogP contribution in [0.5, 0.6) is 0 Å². The normalized spacial score (nSPS) is 18.0. The van der Waals surface area contributed by atoms with Gasteiger partial charge in [-0.15, -0.1) is 11.3 Å². The number of carbonyl (C=O) groups excluding carboxylic acids is 2.